The van der Waals surface area contributed by atoms with Crippen molar-refractivity contribution in [3.63, 3.8) is 0 Å². The average molecular weight is 623 g/mol. The largest absolute Gasteiger partial charge is 0.497 e. The van der Waals surface area contributed by atoms with E-state index in [1.165, 1.54) is 14.2 Å². The Kier molecular flexibility index (Phi) is 9.58. The first-order valence-corrected chi connectivity index (χ1v) is 14.4. The molecule has 3 heterocycles. The zero-order valence-corrected chi connectivity index (χ0v) is 25.0. The fourth-order valence-corrected chi connectivity index (χ4v) is 5.21. The van der Waals surface area contributed by atoms with E-state index in [9.17, 15) is 29.7 Å². The highest BCUT2D eigenvalue weighted by Gasteiger charge is 2.45. The van der Waals surface area contributed by atoms with Crippen molar-refractivity contribution in [1.29, 1.82) is 0 Å². The molecule has 2 aromatic heterocycles. The fourth-order valence-electron chi connectivity index (χ4n) is 5.21. The molecule has 1 aliphatic heterocycles. The molecule has 4 atom stereocenters. The molecule has 0 radical (unpaired) electrons. The number of aliphatic hydroxyl groups is 3. The third kappa shape index (κ3) is 6.17. The molecule has 14 heteroatoms. The van der Waals surface area contributed by atoms with Crippen LogP contribution in [0.3, 0.4) is 0 Å². The zero-order chi connectivity index (χ0) is 32.2. The number of methoxy groups -OCH3 is 2. The number of aliphatic hydroxyl groups excluding tert-OH is 3. The van der Waals surface area contributed by atoms with Crippen molar-refractivity contribution in [2.24, 2.45) is 0 Å². The van der Waals surface area contributed by atoms with E-state index in [0.717, 1.165) is 9.13 Å². The first-order valence-electron chi connectivity index (χ1n) is 14.4. The highest BCUT2D eigenvalue weighted by atomic mass is 16.6. The molecular formula is C31H34N4O10. The maximum absolute atomic E-state index is 14.0. The van der Waals surface area contributed by atoms with Crippen molar-refractivity contribution < 1.29 is 39.1 Å². The van der Waals surface area contributed by atoms with Crippen LogP contribution >= 0.6 is 0 Å². The van der Waals surface area contributed by atoms with Crippen LogP contribution in [0.4, 0.5) is 0 Å². The summed E-state index contributed by atoms with van der Waals surface area (Å²) in [5.41, 5.74) is -0.309. The van der Waals surface area contributed by atoms with E-state index in [2.05, 4.69) is 0 Å². The Bertz CT molecular complexity index is 1790. The van der Waals surface area contributed by atoms with E-state index in [4.69, 9.17) is 28.9 Å². The van der Waals surface area contributed by atoms with Gasteiger partial charge in [0.1, 0.15) is 29.8 Å². The molecule has 4 aromatic rings. The average Bonchev–Trinajstić information content (AvgIpc) is 3.34. The number of aromatic nitrogens is 4. The summed E-state index contributed by atoms with van der Waals surface area (Å²) in [7, 11) is 3.07. The summed E-state index contributed by atoms with van der Waals surface area (Å²) in [4.78, 5) is 49.4. The molecule has 14 nitrogen and oxygen atoms in total. The Labute approximate surface area is 257 Å². The maximum Gasteiger partial charge on any atom is 0.334 e. The Morgan fingerprint density at radius 2 is 1.49 bits per heavy atom. The number of hydrogen-bond acceptors (Lipinski definition) is 12. The van der Waals surface area contributed by atoms with Crippen molar-refractivity contribution >= 4 is 17.1 Å². The van der Waals surface area contributed by atoms with Gasteiger partial charge in [-0.25, -0.2) is 19.3 Å². The van der Waals surface area contributed by atoms with Gasteiger partial charge in [-0.1, -0.05) is 0 Å². The number of nitrogens with zero attached hydrogens (tertiary/aromatic N) is 4. The molecule has 1 fully saturated rings. The zero-order valence-electron chi connectivity index (χ0n) is 25.0. The number of esters is 1. The lowest BCUT2D eigenvalue weighted by atomic mass is 10.0. The van der Waals surface area contributed by atoms with Crippen LogP contribution in [0.15, 0.2) is 58.1 Å². The summed E-state index contributed by atoms with van der Waals surface area (Å²) >= 11 is 0. The molecule has 3 N–H and O–H groups in total. The summed E-state index contributed by atoms with van der Waals surface area (Å²) in [5.74, 6) is 0.703. The molecule has 45 heavy (non-hydrogen) atoms. The molecule has 1 saturated heterocycles. The van der Waals surface area contributed by atoms with Crippen LogP contribution in [-0.4, -0.2) is 86.1 Å². The van der Waals surface area contributed by atoms with Crippen molar-refractivity contribution in [2.75, 3.05) is 27.4 Å². The molecule has 1 aliphatic rings. The van der Waals surface area contributed by atoms with Crippen LogP contribution in [0.5, 0.6) is 11.5 Å². The third-order valence-electron chi connectivity index (χ3n) is 7.56. The Morgan fingerprint density at radius 1 is 0.911 bits per heavy atom. The summed E-state index contributed by atoms with van der Waals surface area (Å²) in [6.45, 7) is 1.05. The molecule has 0 unspecified atom stereocenters. The van der Waals surface area contributed by atoms with Gasteiger partial charge in [-0.05, 0) is 61.9 Å². The van der Waals surface area contributed by atoms with Gasteiger partial charge in [-0.2, -0.15) is 0 Å². The van der Waals surface area contributed by atoms with Crippen LogP contribution in [0.1, 0.15) is 26.0 Å². The Hall–Kier alpha value is -4.63. The molecule has 0 aliphatic carbocycles. The van der Waals surface area contributed by atoms with Gasteiger partial charge in [0.2, 0.25) is 0 Å². The number of carbonyl (C=O) groups excluding carboxylic acids is 1. The van der Waals surface area contributed by atoms with Crippen molar-refractivity contribution in [1.82, 2.24) is 19.1 Å². The maximum atomic E-state index is 14.0. The lowest BCUT2D eigenvalue weighted by Gasteiger charge is -2.22. The van der Waals surface area contributed by atoms with Crippen molar-refractivity contribution in [2.45, 2.75) is 50.8 Å². The summed E-state index contributed by atoms with van der Waals surface area (Å²) in [5, 5.41) is 31.2. The van der Waals surface area contributed by atoms with Crippen LogP contribution in [0.2, 0.25) is 0 Å². The molecule has 2 aromatic carbocycles. The minimum atomic E-state index is -1.65. The number of fused-ring (bicyclic) bond motifs is 1. The Morgan fingerprint density at radius 3 is 2.00 bits per heavy atom. The van der Waals surface area contributed by atoms with Crippen LogP contribution in [0, 0.1) is 0 Å². The first-order chi connectivity index (χ1) is 21.7. The second-order valence-corrected chi connectivity index (χ2v) is 10.3. The van der Waals surface area contributed by atoms with E-state index in [0.29, 0.717) is 34.0 Å². The number of carbonyl (C=O) groups is 1. The van der Waals surface area contributed by atoms with Crippen molar-refractivity contribution in [3.05, 3.63) is 69.4 Å². The van der Waals surface area contributed by atoms with Crippen LogP contribution in [0.25, 0.3) is 33.7 Å². The van der Waals surface area contributed by atoms with E-state index in [1.807, 2.05) is 0 Å². The van der Waals surface area contributed by atoms with Crippen LogP contribution in [-0.2, 0) is 20.8 Å². The summed E-state index contributed by atoms with van der Waals surface area (Å²) in [6.07, 6.45) is -5.86. The van der Waals surface area contributed by atoms with Gasteiger partial charge in [-0.3, -0.25) is 14.2 Å². The van der Waals surface area contributed by atoms with Gasteiger partial charge in [0, 0.05) is 24.1 Å². The molecule has 0 saturated carbocycles. The predicted molar refractivity (Wildman–Crippen MR) is 161 cm³/mol. The van der Waals surface area contributed by atoms with E-state index in [1.54, 1.807) is 55.5 Å². The number of rotatable bonds is 11. The lowest BCUT2D eigenvalue weighted by molar-refractivity contribution is -0.143. The van der Waals surface area contributed by atoms with Crippen LogP contribution < -0.4 is 20.7 Å². The molecule has 0 spiro atoms. The topological polar surface area (TPSA) is 184 Å². The highest BCUT2D eigenvalue weighted by Crippen LogP contribution is 2.34. The number of hydrogen-bond donors (Lipinski definition) is 3. The minimum Gasteiger partial charge on any atom is -0.497 e. The van der Waals surface area contributed by atoms with Gasteiger partial charge in [0.15, 0.2) is 17.4 Å². The highest BCUT2D eigenvalue weighted by molar-refractivity contribution is 5.84. The summed E-state index contributed by atoms with van der Waals surface area (Å²) in [6, 6.07) is 13.9. The number of benzene rings is 2. The fraction of sp³-hybridized carbons (Fsp3) is 0.387. The second-order valence-electron chi connectivity index (χ2n) is 10.3. The summed E-state index contributed by atoms with van der Waals surface area (Å²) < 4.78 is 23.1. The third-order valence-corrected chi connectivity index (χ3v) is 7.56. The van der Waals surface area contributed by atoms with Gasteiger partial charge in [-0.15, -0.1) is 0 Å². The van der Waals surface area contributed by atoms with Gasteiger partial charge in [0.25, 0.3) is 5.56 Å². The first kappa shape index (κ1) is 31.8. The molecule has 0 bridgehead atoms. The SMILES string of the molecule is CCOC(=O)CCCn1c(=O)c2nc(-c3ccc(OC)cc3)c(-c3ccc(OC)cc3)nc2n([C@@H]2O[C@H](CO)[C@@H](O)[C@H]2O)c1=O. The van der Waals surface area contributed by atoms with Gasteiger partial charge in [0.05, 0.1) is 38.8 Å². The monoisotopic (exact) mass is 622 g/mol. The normalized spacial score (nSPS) is 19.5. The quantitative estimate of drug-likeness (QED) is 0.204. The van der Waals surface area contributed by atoms with Gasteiger partial charge >= 0.3 is 11.7 Å². The standard InChI is InChI=1S/C31H34N4O10/c1-4-44-22(37)6-5-15-34-29(40)25-28(35(31(34)41)30-27(39)26(38)21(16-36)45-30)33-24(18-9-13-20(43-3)14-10-18)23(32-25)17-7-11-19(42-2)12-8-17/h7-14,21,26-27,30,36,38-39H,4-6,15-16H2,1-3H3/t21-,26-,27-,30-/m1/s1. The molecule has 0 amide bonds. The van der Waals surface area contributed by atoms with E-state index in [-0.39, 0.29) is 37.2 Å². The molecule has 238 valence electrons. The van der Waals surface area contributed by atoms with E-state index >= 15 is 0 Å². The minimum absolute atomic E-state index is 0.0508. The van der Waals surface area contributed by atoms with Crippen molar-refractivity contribution in [3.8, 4) is 34.0 Å². The molecular weight excluding hydrogens is 588 g/mol. The molecule has 5 rings (SSSR count). The van der Waals surface area contributed by atoms with E-state index < -0.39 is 48.4 Å². The smallest absolute Gasteiger partial charge is 0.334 e. The number of ether oxygens (including phenoxy) is 4. The van der Waals surface area contributed by atoms with Gasteiger partial charge < -0.3 is 34.3 Å². The lowest BCUT2D eigenvalue weighted by Crippen LogP contribution is -2.44. The predicted octanol–water partition coefficient (Wildman–Crippen LogP) is 1.26. The second kappa shape index (κ2) is 13.6. The Balaban J connectivity index is 1.78.